The second kappa shape index (κ2) is 8.95. The number of halogens is 2. The number of hydrogen-bond donors (Lipinski definition) is 3. The van der Waals surface area contributed by atoms with E-state index >= 15 is 0 Å². The van der Waals surface area contributed by atoms with Crippen molar-refractivity contribution in [2.24, 2.45) is 0 Å². The van der Waals surface area contributed by atoms with Gasteiger partial charge in [0.25, 0.3) is 5.91 Å². The largest absolute Gasteiger partial charge is 0.345 e. The zero-order valence-corrected chi connectivity index (χ0v) is 20.9. The number of fused-ring (bicyclic) bond motifs is 1. The molecule has 6 nitrogen and oxygen atoms in total. The molecule has 1 aliphatic rings. The second-order valence-corrected chi connectivity index (χ2v) is 12.0. The fourth-order valence-electron chi connectivity index (χ4n) is 4.82. The molecule has 5 rings (SSSR count). The predicted octanol–water partition coefficient (Wildman–Crippen LogP) is 6.60. The molecule has 3 N–H and O–H groups in total. The van der Waals surface area contributed by atoms with Crippen LogP contribution in [0.2, 0.25) is 5.02 Å². The number of hydrogen-bond acceptors (Lipinski definition) is 4. The summed E-state index contributed by atoms with van der Waals surface area (Å²) in [5, 5.41) is 14.3. The van der Waals surface area contributed by atoms with Gasteiger partial charge in [0, 0.05) is 38.5 Å². The molecule has 36 heavy (non-hydrogen) atoms. The molecule has 0 spiro atoms. The fourth-order valence-corrected chi connectivity index (χ4v) is 7.21. The van der Waals surface area contributed by atoms with Gasteiger partial charge in [0.15, 0.2) is 0 Å². The van der Waals surface area contributed by atoms with Gasteiger partial charge in [0.1, 0.15) is 17.6 Å². The van der Waals surface area contributed by atoms with E-state index in [1.807, 2.05) is 12.1 Å². The van der Waals surface area contributed by atoms with Crippen LogP contribution in [0.3, 0.4) is 0 Å². The molecule has 1 aliphatic heterocycles. The van der Waals surface area contributed by atoms with Crippen molar-refractivity contribution in [3.8, 4) is 22.9 Å². The summed E-state index contributed by atoms with van der Waals surface area (Å²) in [5.74, 6) is -0.407. The monoisotopic (exact) mass is 523 g/mol. The topological polar surface area (TPSA) is 98.3 Å². The van der Waals surface area contributed by atoms with Crippen LogP contribution in [-0.4, -0.2) is 36.6 Å². The zero-order chi connectivity index (χ0) is 25.7. The Balaban J connectivity index is 1.69. The van der Waals surface area contributed by atoms with Crippen molar-refractivity contribution in [2.45, 2.75) is 18.9 Å². The molecule has 1 fully saturated rings. The molecule has 3 aromatic carbocycles. The van der Waals surface area contributed by atoms with Gasteiger partial charge in [0.05, 0.1) is 16.8 Å². The first kappa shape index (κ1) is 24.3. The summed E-state index contributed by atoms with van der Waals surface area (Å²) in [6.45, 7) is 1.80. The highest BCUT2D eigenvalue weighted by Gasteiger charge is 2.39. The lowest BCUT2D eigenvalue weighted by molar-refractivity contribution is 0.0915. The van der Waals surface area contributed by atoms with Gasteiger partial charge in [-0.15, -0.1) is 0 Å². The van der Waals surface area contributed by atoms with Crippen LogP contribution in [0.1, 0.15) is 29.4 Å². The number of benzene rings is 3. The Hall–Kier alpha value is -3.35. The van der Waals surface area contributed by atoms with Gasteiger partial charge < -0.3 is 9.88 Å². The normalized spacial score (nSPS) is 19.7. The van der Waals surface area contributed by atoms with Crippen LogP contribution in [0, 0.1) is 17.1 Å². The second-order valence-electron chi connectivity index (χ2n) is 9.27. The summed E-state index contributed by atoms with van der Waals surface area (Å²) in [7, 11) is -2.70. The third kappa shape index (κ3) is 4.36. The third-order valence-corrected chi connectivity index (χ3v) is 8.80. The molecule has 1 saturated heterocycles. The molecule has 0 saturated carbocycles. The van der Waals surface area contributed by atoms with Gasteiger partial charge in [-0.3, -0.25) is 13.9 Å². The van der Waals surface area contributed by atoms with Crippen LogP contribution in [0.25, 0.3) is 27.7 Å². The molecule has 0 bridgehead atoms. The van der Waals surface area contributed by atoms with Crippen LogP contribution in [0.15, 0.2) is 66.7 Å². The Kier molecular flexibility index (Phi) is 6.05. The van der Waals surface area contributed by atoms with Gasteiger partial charge in [-0.25, -0.2) is 4.39 Å². The molecule has 0 aliphatic carbocycles. The SMILES string of the molecule is CC1(NC(=O)c2ccc3c(-c4ccccc4Cl)c(C#N)n(-c4ccc(F)cc4)c3c2)CCS(O)(O)C1. The first-order valence-corrected chi connectivity index (χ1v) is 13.5. The van der Waals surface area contributed by atoms with E-state index in [2.05, 4.69) is 11.4 Å². The molecule has 9 heteroatoms. The number of aromatic nitrogens is 1. The highest BCUT2D eigenvalue weighted by atomic mass is 35.5. The van der Waals surface area contributed by atoms with Crippen molar-refractivity contribution in [2.75, 3.05) is 11.5 Å². The van der Waals surface area contributed by atoms with E-state index in [1.165, 1.54) is 12.1 Å². The molecule has 1 amide bonds. The summed E-state index contributed by atoms with van der Waals surface area (Å²) >= 11 is 6.51. The third-order valence-electron chi connectivity index (χ3n) is 6.51. The number of nitrogens with zero attached hydrogens (tertiary/aromatic N) is 2. The van der Waals surface area contributed by atoms with Crippen LogP contribution in [0.5, 0.6) is 0 Å². The lowest BCUT2D eigenvalue weighted by Crippen LogP contribution is -2.46. The summed E-state index contributed by atoms with van der Waals surface area (Å²) in [6, 6.07) is 20.4. The van der Waals surface area contributed by atoms with Crippen molar-refractivity contribution in [3.05, 3.63) is 88.8 Å². The number of nitriles is 1. The number of amides is 1. The Morgan fingerprint density at radius 3 is 2.53 bits per heavy atom. The fraction of sp³-hybridized carbons (Fsp3) is 0.185. The Labute approximate surface area is 214 Å². The van der Waals surface area contributed by atoms with E-state index in [1.54, 1.807) is 54.0 Å². The van der Waals surface area contributed by atoms with Crippen LogP contribution in [0.4, 0.5) is 4.39 Å². The molecule has 1 unspecified atom stereocenters. The average molecular weight is 524 g/mol. The minimum atomic E-state index is -2.70. The number of carbonyl (C=O) groups excluding carboxylic acids is 1. The summed E-state index contributed by atoms with van der Waals surface area (Å²) in [4.78, 5) is 13.2. The lowest BCUT2D eigenvalue weighted by atomic mass is 9.99. The number of rotatable bonds is 4. The maximum Gasteiger partial charge on any atom is 0.251 e. The summed E-state index contributed by atoms with van der Waals surface area (Å²) in [5.41, 5.74) is 2.35. The van der Waals surface area contributed by atoms with E-state index in [0.29, 0.717) is 50.4 Å². The molecular formula is C27H23ClFN3O3S. The van der Waals surface area contributed by atoms with Gasteiger partial charge in [-0.1, -0.05) is 35.9 Å². The molecule has 184 valence electrons. The summed E-state index contributed by atoms with van der Waals surface area (Å²) in [6.07, 6.45) is 0.463. The van der Waals surface area contributed by atoms with Crippen LogP contribution >= 0.6 is 22.2 Å². The Bertz CT molecular complexity index is 1540. The molecule has 4 aromatic rings. The zero-order valence-electron chi connectivity index (χ0n) is 19.3. The highest BCUT2D eigenvalue weighted by molar-refractivity contribution is 8.24. The van der Waals surface area contributed by atoms with Crippen molar-refractivity contribution >= 4 is 39.0 Å². The van der Waals surface area contributed by atoms with Crippen molar-refractivity contribution in [3.63, 3.8) is 0 Å². The van der Waals surface area contributed by atoms with E-state index in [9.17, 15) is 23.6 Å². The van der Waals surface area contributed by atoms with Gasteiger partial charge in [-0.05, 0) is 55.8 Å². The van der Waals surface area contributed by atoms with Crippen molar-refractivity contribution in [1.82, 2.24) is 9.88 Å². The van der Waals surface area contributed by atoms with E-state index in [0.717, 1.165) is 0 Å². The molecule has 2 heterocycles. The quantitative estimate of drug-likeness (QED) is 0.280. The van der Waals surface area contributed by atoms with Crippen molar-refractivity contribution < 1.29 is 18.3 Å². The highest BCUT2D eigenvalue weighted by Crippen LogP contribution is 2.50. The van der Waals surface area contributed by atoms with Crippen LogP contribution in [-0.2, 0) is 0 Å². The number of carbonyl (C=O) groups is 1. The standard InChI is InChI=1S/C27H23ClFN3O3S/c1-27(12-13-36(34,35)16-27)31-26(33)17-6-11-21-23(14-17)32(19-9-7-18(29)8-10-19)24(15-30)25(21)20-4-2-3-5-22(20)28/h2-11,14,34-35H,12-13,16H2,1H3,(H,31,33). The van der Waals surface area contributed by atoms with E-state index in [-0.39, 0.29) is 17.4 Å². The minimum absolute atomic E-state index is 0.106. The molecule has 0 radical (unpaired) electrons. The van der Waals surface area contributed by atoms with Crippen molar-refractivity contribution in [1.29, 1.82) is 5.26 Å². The predicted molar refractivity (Wildman–Crippen MR) is 141 cm³/mol. The Morgan fingerprint density at radius 2 is 1.89 bits per heavy atom. The lowest BCUT2D eigenvalue weighted by Gasteiger charge is -2.30. The van der Waals surface area contributed by atoms with Gasteiger partial charge >= 0.3 is 0 Å². The van der Waals surface area contributed by atoms with Gasteiger partial charge in [0.2, 0.25) is 0 Å². The van der Waals surface area contributed by atoms with E-state index < -0.39 is 21.9 Å². The maximum atomic E-state index is 13.7. The van der Waals surface area contributed by atoms with E-state index in [4.69, 9.17) is 11.6 Å². The summed E-state index contributed by atoms with van der Waals surface area (Å²) < 4.78 is 35.5. The Morgan fingerprint density at radius 1 is 1.17 bits per heavy atom. The maximum absolute atomic E-state index is 13.7. The van der Waals surface area contributed by atoms with Gasteiger partial charge in [-0.2, -0.15) is 15.9 Å². The molecule has 1 atom stereocenters. The molecular weight excluding hydrogens is 501 g/mol. The average Bonchev–Trinajstić information content (AvgIpc) is 3.31. The molecule has 1 aromatic heterocycles. The smallest absolute Gasteiger partial charge is 0.251 e. The number of nitrogens with one attached hydrogen (secondary N) is 1. The van der Waals surface area contributed by atoms with Crippen LogP contribution < -0.4 is 5.32 Å². The minimum Gasteiger partial charge on any atom is -0.345 e. The first-order valence-electron chi connectivity index (χ1n) is 11.3. The first-order chi connectivity index (χ1) is 17.1.